The van der Waals surface area contributed by atoms with E-state index in [1.54, 1.807) is 6.92 Å². The summed E-state index contributed by atoms with van der Waals surface area (Å²) in [5.74, 6) is 0.662. The average molecular weight is 276 g/mol. The van der Waals surface area contributed by atoms with E-state index in [1.165, 1.54) is 0 Å². The summed E-state index contributed by atoms with van der Waals surface area (Å²) in [6, 6.07) is -0.0157. The number of piperidine rings is 1. The van der Waals surface area contributed by atoms with Gasteiger partial charge < -0.3 is 4.90 Å². The highest BCUT2D eigenvalue weighted by molar-refractivity contribution is 7.89. The predicted molar refractivity (Wildman–Crippen MR) is 71.7 cm³/mol. The lowest BCUT2D eigenvalue weighted by molar-refractivity contribution is -0.133. The van der Waals surface area contributed by atoms with E-state index in [1.807, 2.05) is 18.7 Å². The zero-order valence-corrected chi connectivity index (χ0v) is 12.3. The predicted octanol–water partition coefficient (Wildman–Crippen LogP) is 0.963. The molecule has 1 aliphatic rings. The second kappa shape index (κ2) is 6.52. The van der Waals surface area contributed by atoms with Gasteiger partial charge in [0.25, 0.3) is 0 Å². The Hall–Kier alpha value is -0.620. The fourth-order valence-electron chi connectivity index (χ4n) is 2.06. The van der Waals surface area contributed by atoms with E-state index in [-0.39, 0.29) is 17.7 Å². The van der Waals surface area contributed by atoms with E-state index in [2.05, 4.69) is 4.72 Å². The first-order chi connectivity index (χ1) is 8.34. The number of carbonyl (C=O) groups excluding carboxylic acids is 1. The molecule has 0 unspecified atom stereocenters. The summed E-state index contributed by atoms with van der Waals surface area (Å²) in [6.45, 7) is 6.99. The Kier molecular flexibility index (Phi) is 5.59. The van der Waals surface area contributed by atoms with Gasteiger partial charge in [-0.3, -0.25) is 4.79 Å². The van der Waals surface area contributed by atoms with Gasteiger partial charge >= 0.3 is 0 Å². The monoisotopic (exact) mass is 276 g/mol. The van der Waals surface area contributed by atoms with Crippen LogP contribution in [-0.4, -0.2) is 44.1 Å². The van der Waals surface area contributed by atoms with E-state index in [4.69, 9.17) is 0 Å². The second-order valence-electron chi connectivity index (χ2n) is 5.27. The van der Waals surface area contributed by atoms with Crippen molar-refractivity contribution in [3.8, 4) is 0 Å². The van der Waals surface area contributed by atoms with Crippen molar-refractivity contribution in [2.45, 2.75) is 46.1 Å². The maximum atomic E-state index is 11.8. The maximum absolute atomic E-state index is 11.8. The van der Waals surface area contributed by atoms with Crippen molar-refractivity contribution in [2.24, 2.45) is 5.92 Å². The lowest BCUT2D eigenvalue weighted by Crippen LogP contribution is -2.47. The van der Waals surface area contributed by atoms with Crippen LogP contribution in [0.2, 0.25) is 0 Å². The normalized spacial score (nSPS) is 18.3. The molecule has 1 aliphatic heterocycles. The molecule has 0 radical (unpaired) electrons. The highest BCUT2D eigenvalue weighted by Crippen LogP contribution is 2.14. The first-order valence-corrected chi connectivity index (χ1v) is 8.27. The summed E-state index contributed by atoms with van der Waals surface area (Å²) in [7, 11) is -3.13. The molecule has 0 atom stereocenters. The number of carbonyl (C=O) groups is 1. The van der Waals surface area contributed by atoms with Crippen LogP contribution in [0.4, 0.5) is 0 Å². The van der Waals surface area contributed by atoms with Crippen LogP contribution in [0.15, 0.2) is 0 Å². The van der Waals surface area contributed by atoms with E-state index < -0.39 is 10.0 Å². The Bertz CT molecular complexity index is 371. The smallest absolute Gasteiger partial charge is 0.222 e. The third-order valence-corrected chi connectivity index (χ3v) is 4.61. The molecule has 6 heteroatoms. The van der Waals surface area contributed by atoms with Crippen molar-refractivity contribution < 1.29 is 13.2 Å². The van der Waals surface area contributed by atoms with Crippen molar-refractivity contribution in [3.05, 3.63) is 0 Å². The number of sulfonamides is 1. The van der Waals surface area contributed by atoms with Crippen LogP contribution in [0.25, 0.3) is 0 Å². The van der Waals surface area contributed by atoms with Gasteiger partial charge in [0.1, 0.15) is 0 Å². The van der Waals surface area contributed by atoms with Gasteiger partial charge in [-0.25, -0.2) is 13.1 Å². The summed E-state index contributed by atoms with van der Waals surface area (Å²) < 4.78 is 25.6. The van der Waals surface area contributed by atoms with Crippen molar-refractivity contribution in [3.63, 3.8) is 0 Å². The third-order valence-electron chi connectivity index (χ3n) is 3.16. The van der Waals surface area contributed by atoms with Crippen molar-refractivity contribution >= 4 is 15.9 Å². The van der Waals surface area contributed by atoms with Crippen LogP contribution in [-0.2, 0) is 14.8 Å². The van der Waals surface area contributed by atoms with Gasteiger partial charge in [0.15, 0.2) is 0 Å². The van der Waals surface area contributed by atoms with E-state index in [0.717, 1.165) is 0 Å². The molecule has 18 heavy (non-hydrogen) atoms. The van der Waals surface area contributed by atoms with Gasteiger partial charge in [0.2, 0.25) is 15.9 Å². The minimum absolute atomic E-state index is 0.0157. The number of likely N-dealkylation sites (tertiary alicyclic amines) is 1. The molecule has 1 heterocycles. The highest BCUT2D eigenvalue weighted by atomic mass is 32.2. The molecule has 106 valence electrons. The number of hydrogen-bond acceptors (Lipinski definition) is 3. The van der Waals surface area contributed by atoms with Crippen molar-refractivity contribution in [1.29, 1.82) is 0 Å². The van der Waals surface area contributed by atoms with Crippen molar-refractivity contribution in [1.82, 2.24) is 9.62 Å². The summed E-state index contributed by atoms with van der Waals surface area (Å²) in [6.07, 6.45) is 2.00. The maximum Gasteiger partial charge on any atom is 0.222 e. The average Bonchev–Trinajstić information content (AvgIpc) is 2.28. The lowest BCUT2D eigenvalue weighted by atomic mass is 10.0. The van der Waals surface area contributed by atoms with Crippen LogP contribution in [0.5, 0.6) is 0 Å². The van der Waals surface area contributed by atoms with Gasteiger partial charge in [0, 0.05) is 25.6 Å². The molecule has 0 spiro atoms. The van der Waals surface area contributed by atoms with Gasteiger partial charge in [-0.05, 0) is 25.7 Å². The Labute approximate surface area is 110 Å². The zero-order chi connectivity index (χ0) is 13.8. The summed E-state index contributed by atoms with van der Waals surface area (Å²) in [4.78, 5) is 13.7. The second-order valence-corrected chi connectivity index (χ2v) is 7.32. The molecule has 1 saturated heterocycles. The van der Waals surface area contributed by atoms with Crippen LogP contribution in [0, 0.1) is 5.92 Å². The largest absolute Gasteiger partial charge is 0.343 e. The summed E-state index contributed by atoms with van der Waals surface area (Å²) >= 11 is 0. The molecule has 1 fully saturated rings. The van der Waals surface area contributed by atoms with Gasteiger partial charge in [0.05, 0.1) is 5.75 Å². The lowest BCUT2D eigenvalue weighted by Gasteiger charge is -2.32. The highest BCUT2D eigenvalue weighted by Gasteiger charge is 2.25. The fourth-order valence-corrected chi connectivity index (χ4v) is 2.97. The Balaban J connectivity index is 2.39. The minimum Gasteiger partial charge on any atom is -0.343 e. The van der Waals surface area contributed by atoms with Crippen LogP contribution in [0.1, 0.15) is 40.0 Å². The molecule has 1 rings (SSSR count). The SMILES string of the molecule is CCS(=O)(=O)NC1CCN(C(=O)CC(C)C)CC1. The molecule has 0 aromatic rings. The quantitative estimate of drug-likeness (QED) is 0.813. The summed E-state index contributed by atoms with van der Waals surface area (Å²) in [5.41, 5.74) is 0. The Morgan fingerprint density at radius 2 is 1.89 bits per heavy atom. The van der Waals surface area contributed by atoms with Gasteiger partial charge in [-0.15, -0.1) is 0 Å². The topological polar surface area (TPSA) is 66.5 Å². The third kappa shape index (κ3) is 4.94. The Morgan fingerprint density at radius 3 is 2.33 bits per heavy atom. The minimum atomic E-state index is -3.13. The van der Waals surface area contributed by atoms with Crippen molar-refractivity contribution in [2.75, 3.05) is 18.8 Å². The van der Waals surface area contributed by atoms with Crippen LogP contribution in [0.3, 0.4) is 0 Å². The molecular weight excluding hydrogens is 252 g/mol. The number of amides is 1. The molecule has 5 nitrogen and oxygen atoms in total. The molecule has 0 bridgehead atoms. The van der Waals surface area contributed by atoms with E-state index in [0.29, 0.717) is 38.3 Å². The molecule has 0 saturated carbocycles. The fraction of sp³-hybridized carbons (Fsp3) is 0.917. The number of rotatable bonds is 5. The number of nitrogens with one attached hydrogen (secondary N) is 1. The molecule has 0 aromatic carbocycles. The first kappa shape index (κ1) is 15.4. The van der Waals surface area contributed by atoms with E-state index in [9.17, 15) is 13.2 Å². The molecule has 0 aromatic heterocycles. The molecule has 1 amide bonds. The molecular formula is C12H24N2O3S. The molecule has 1 N–H and O–H groups in total. The summed E-state index contributed by atoms with van der Waals surface area (Å²) in [5, 5.41) is 0. The zero-order valence-electron chi connectivity index (χ0n) is 11.5. The van der Waals surface area contributed by atoms with E-state index >= 15 is 0 Å². The molecule has 0 aliphatic carbocycles. The first-order valence-electron chi connectivity index (χ1n) is 6.62. The number of nitrogens with zero attached hydrogens (tertiary/aromatic N) is 1. The Morgan fingerprint density at radius 1 is 1.33 bits per heavy atom. The van der Waals surface area contributed by atoms with Gasteiger partial charge in [-0.2, -0.15) is 0 Å². The van der Waals surface area contributed by atoms with Crippen LogP contribution < -0.4 is 4.72 Å². The standard InChI is InChI=1S/C12H24N2O3S/c1-4-18(16,17)13-11-5-7-14(8-6-11)12(15)9-10(2)3/h10-11,13H,4-9H2,1-3H3. The number of hydrogen-bond donors (Lipinski definition) is 1. The van der Waals surface area contributed by atoms with Gasteiger partial charge in [-0.1, -0.05) is 13.8 Å². The van der Waals surface area contributed by atoms with Crippen LogP contribution >= 0.6 is 0 Å².